The average Bonchev–Trinajstić information content (AvgIpc) is 3.13. The van der Waals surface area contributed by atoms with E-state index >= 15 is 0 Å². The van der Waals surface area contributed by atoms with Crippen molar-refractivity contribution in [3.05, 3.63) is 100 Å². The SMILES string of the molecule is COc1cccc(/C=C2\N=C(c3ccccc3)OC2=O)c1OCc1cccc(Cl)c1. The Labute approximate surface area is 179 Å². The Kier molecular flexibility index (Phi) is 5.82. The number of carbonyl (C=O) groups is 1. The van der Waals surface area contributed by atoms with E-state index in [1.54, 1.807) is 25.3 Å². The van der Waals surface area contributed by atoms with Gasteiger partial charge in [-0.1, -0.05) is 54.1 Å². The van der Waals surface area contributed by atoms with Crippen molar-refractivity contribution in [2.75, 3.05) is 7.11 Å². The first-order valence-electron chi connectivity index (χ1n) is 9.26. The summed E-state index contributed by atoms with van der Waals surface area (Å²) in [5.41, 5.74) is 2.49. The minimum absolute atomic E-state index is 0.190. The molecule has 0 atom stereocenters. The molecule has 0 radical (unpaired) electrons. The van der Waals surface area contributed by atoms with Gasteiger partial charge in [-0.2, -0.15) is 0 Å². The summed E-state index contributed by atoms with van der Waals surface area (Å²) in [6.45, 7) is 0.292. The topological polar surface area (TPSA) is 57.1 Å². The Bertz CT molecular complexity index is 1140. The zero-order chi connectivity index (χ0) is 20.9. The first-order valence-corrected chi connectivity index (χ1v) is 9.64. The lowest BCUT2D eigenvalue weighted by molar-refractivity contribution is -0.129. The fourth-order valence-corrected chi connectivity index (χ4v) is 3.22. The summed E-state index contributed by atoms with van der Waals surface area (Å²) >= 11 is 6.05. The van der Waals surface area contributed by atoms with E-state index in [9.17, 15) is 4.79 Å². The number of ether oxygens (including phenoxy) is 3. The van der Waals surface area contributed by atoms with Crippen LogP contribution >= 0.6 is 11.6 Å². The van der Waals surface area contributed by atoms with Gasteiger partial charge in [-0.3, -0.25) is 0 Å². The molecule has 1 aliphatic rings. The van der Waals surface area contributed by atoms with E-state index in [0.717, 1.165) is 11.1 Å². The Morgan fingerprint density at radius 1 is 1.03 bits per heavy atom. The highest BCUT2D eigenvalue weighted by atomic mass is 35.5. The van der Waals surface area contributed by atoms with Crippen LogP contribution in [0.2, 0.25) is 5.02 Å². The largest absolute Gasteiger partial charge is 0.493 e. The Morgan fingerprint density at radius 2 is 1.83 bits per heavy atom. The molecule has 0 bridgehead atoms. The quantitative estimate of drug-likeness (QED) is 0.403. The molecule has 0 amide bonds. The van der Waals surface area contributed by atoms with Gasteiger partial charge in [-0.25, -0.2) is 9.79 Å². The van der Waals surface area contributed by atoms with Gasteiger partial charge in [-0.05, 0) is 42.0 Å². The van der Waals surface area contributed by atoms with Crippen molar-refractivity contribution in [3.63, 3.8) is 0 Å². The lowest BCUT2D eigenvalue weighted by atomic mass is 10.1. The Balaban J connectivity index is 1.65. The van der Waals surface area contributed by atoms with Crippen LogP contribution in [0.4, 0.5) is 0 Å². The number of halogens is 1. The van der Waals surface area contributed by atoms with Gasteiger partial charge in [0, 0.05) is 16.1 Å². The summed E-state index contributed by atoms with van der Waals surface area (Å²) in [6, 6.07) is 22.1. The number of hydrogen-bond acceptors (Lipinski definition) is 5. The average molecular weight is 420 g/mol. The number of benzene rings is 3. The molecule has 0 fully saturated rings. The second-order valence-electron chi connectivity index (χ2n) is 6.50. The molecule has 5 nitrogen and oxygen atoms in total. The van der Waals surface area contributed by atoms with Gasteiger partial charge in [0.15, 0.2) is 17.2 Å². The number of nitrogens with zero attached hydrogens (tertiary/aromatic N) is 1. The van der Waals surface area contributed by atoms with E-state index in [-0.39, 0.29) is 11.6 Å². The minimum atomic E-state index is -0.516. The molecule has 6 heteroatoms. The Morgan fingerprint density at radius 3 is 2.60 bits per heavy atom. The van der Waals surface area contributed by atoms with Gasteiger partial charge in [0.1, 0.15) is 6.61 Å². The summed E-state index contributed by atoms with van der Waals surface area (Å²) in [6.07, 6.45) is 1.63. The van der Waals surface area contributed by atoms with Crippen LogP contribution in [-0.4, -0.2) is 19.0 Å². The number of carbonyl (C=O) groups excluding carboxylic acids is 1. The van der Waals surface area contributed by atoms with E-state index in [2.05, 4.69) is 4.99 Å². The molecule has 30 heavy (non-hydrogen) atoms. The van der Waals surface area contributed by atoms with Crippen LogP contribution in [0.3, 0.4) is 0 Å². The summed E-state index contributed by atoms with van der Waals surface area (Å²) in [5.74, 6) is 0.808. The third-order valence-corrected chi connectivity index (χ3v) is 4.67. The van der Waals surface area contributed by atoms with Crippen LogP contribution in [0.25, 0.3) is 6.08 Å². The number of methoxy groups -OCH3 is 1. The molecule has 1 aliphatic heterocycles. The lowest BCUT2D eigenvalue weighted by Gasteiger charge is -2.13. The van der Waals surface area contributed by atoms with Crippen molar-refractivity contribution in [3.8, 4) is 11.5 Å². The van der Waals surface area contributed by atoms with Gasteiger partial charge >= 0.3 is 5.97 Å². The monoisotopic (exact) mass is 419 g/mol. The maximum atomic E-state index is 12.4. The molecule has 3 aromatic carbocycles. The standard InChI is InChI=1S/C24H18ClNO4/c1-28-21-12-6-10-18(22(21)29-15-16-7-5-11-19(25)13-16)14-20-24(27)30-23(26-20)17-8-3-2-4-9-17/h2-14H,15H2,1H3/b20-14-. The van der Waals surface area contributed by atoms with Crippen LogP contribution in [-0.2, 0) is 16.1 Å². The third kappa shape index (κ3) is 4.36. The molecular formula is C24H18ClNO4. The van der Waals surface area contributed by atoms with Gasteiger partial charge < -0.3 is 14.2 Å². The first-order chi connectivity index (χ1) is 14.6. The van der Waals surface area contributed by atoms with Gasteiger partial charge in [-0.15, -0.1) is 0 Å². The van der Waals surface area contributed by atoms with Crippen LogP contribution < -0.4 is 9.47 Å². The maximum Gasteiger partial charge on any atom is 0.363 e. The van der Waals surface area contributed by atoms with Crippen LogP contribution in [0.1, 0.15) is 16.7 Å². The summed E-state index contributed by atoms with van der Waals surface area (Å²) in [5, 5.41) is 0.634. The van der Waals surface area contributed by atoms with E-state index in [0.29, 0.717) is 28.7 Å². The highest BCUT2D eigenvalue weighted by molar-refractivity contribution is 6.30. The molecular weight excluding hydrogens is 402 g/mol. The fourth-order valence-electron chi connectivity index (χ4n) is 3.00. The fraction of sp³-hybridized carbons (Fsp3) is 0.0833. The number of cyclic esters (lactones) is 1. The molecule has 150 valence electrons. The molecule has 4 rings (SSSR count). The molecule has 3 aromatic rings. The van der Waals surface area contributed by atoms with Crippen molar-refractivity contribution in [2.45, 2.75) is 6.61 Å². The molecule has 0 saturated carbocycles. The zero-order valence-corrected chi connectivity index (χ0v) is 16.9. The smallest absolute Gasteiger partial charge is 0.363 e. The van der Waals surface area contributed by atoms with E-state index in [4.69, 9.17) is 25.8 Å². The van der Waals surface area contributed by atoms with Crippen molar-refractivity contribution in [1.29, 1.82) is 0 Å². The summed E-state index contributed by atoms with van der Waals surface area (Å²) < 4.78 is 16.8. The number of para-hydroxylation sites is 1. The molecule has 0 spiro atoms. The molecule has 0 aliphatic carbocycles. The van der Waals surface area contributed by atoms with E-state index < -0.39 is 5.97 Å². The highest BCUT2D eigenvalue weighted by Gasteiger charge is 2.24. The van der Waals surface area contributed by atoms with Gasteiger partial charge in [0.2, 0.25) is 5.90 Å². The zero-order valence-electron chi connectivity index (χ0n) is 16.2. The normalized spacial score (nSPS) is 14.4. The molecule has 0 unspecified atom stereocenters. The number of esters is 1. The van der Waals surface area contributed by atoms with Crippen LogP contribution in [0.5, 0.6) is 11.5 Å². The van der Waals surface area contributed by atoms with E-state index in [1.165, 1.54) is 0 Å². The Hall–Kier alpha value is -3.57. The lowest BCUT2D eigenvalue weighted by Crippen LogP contribution is -2.05. The predicted octanol–water partition coefficient (Wildman–Crippen LogP) is 5.27. The first kappa shape index (κ1) is 19.7. The number of hydrogen-bond donors (Lipinski definition) is 0. The van der Waals surface area contributed by atoms with Gasteiger partial charge in [0.25, 0.3) is 0 Å². The molecule has 1 heterocycles. The van der Waals surface area contributed by atoms with Crippen molar-refractivity contribution >= 4 is 29.5 Å². The summed E-state index contributed by atoms with van der Waals surface area (Å²) in [4.78, 5) is 16.7. The van der Waals surface area contributed by atoms with Crippen LogP contribution in [0, 0.1) is 0 Å². The highest BCUT2D eigenvalue weighted by Crippen LogP contribution is 2.34. The van der Waals surface area contributed by atoms with E-state index in [1.807, 2.05) is 60.7 Å². The van der Waals surface area contributed by atoms with Crippen molar-refractivity contribution < 1.29 is 19.0 Å². The predicted molar refractivity (Wildman–Crippen MR) is 116 cm³/mol. The second-order valence-corrected chi connectivity index (χ2v) is 6.94. The summed E-state index contributed by atoms with van der Waals surface area (Å²) in [7, 11) is 1.56. The number of aliphatic imine (C=N–C) groups is 1. The molecule has 0 aromatic heterocycles. The third-order valence-electron chi connectivity index (χ3n) is 4.43. The van der Waals surface area contributed by atoms with Crippen molar-refractivity contribution in [1.82, 2.24) is 0 Å². The number of rotatable bonds is 6. The van der Waals surface area contributed by atoms with Crippen LogP contribution in [0.15, 0.2) is 83.5 Å². The minimum Gasteiger partial charge on any atom is -0.493 e. The second kappa shape index (κ2) is 8.84. The molecule has 0 N–H and O–H groups in total. The van der Waals surface area contributed by atoms with Crippen molar-refractivity contribution in [2.24, 2.45) is 4.99 Å². The van der Waals surface area contributed by atoms with Gasteiger partial charge in [0.05, 0.1) is 7.11 Å². The maximum absolute atomic E-state index is 12.4. The molecule has 0 saturated heterocycles.